The number of aromatic amines is 1. The summed E-state index contributed by atoms with van der Waals surface area (Å²) >= 11 is 0. The standard InChI is InChI=1S/C22H19N5O2/c1-2-29-21(28)16-8-5-7-15(12-16)18-10-11-20(25-14-18)27-22(24)26-19-9-4-3-6-17(19)13-23/h3-12,14H,2H2,1H3,(H3,24,25,26,27)/p+1. The fraction of sp³-hybridized carbons (Fsp3) is 0.0909. The Morgan fingerprint density at radius 1 is 1.17 bits per heavy atom. The van der Waals surface area contributed by atoms with Crippen LogP contribution in [0.1, 0.15) is 22.8 Å². The quantitative estimate of drug-likeness (QED) is 0.397. The van der Waals surface area contributed by atoms with Gasteiger partial charge in [0, 0.05) is 11.6 Å². The summed E-state index contributed by atoms with van der Waals surface area (Å²) < 4.78 is 5.04. The maximum atomic E-state index is 11.9. The largest absolute Gasteiger partial charge is 0.462 e. The number of nitrogens with two attached hydrogens (primary N) is 1. The first-order chi connectivity index (χ1) is 14.1. The molecule has 3 aromatic rings. The van der Waals surface area contributed by atoms with Gasteiger partial charge in [0.25, 0.3) is 0 Å². The lowest BCUT2D eigenvalue weighted by Crippen LogP contribution is -2.23. The van der Waals surface area contributed by atoms with Crippen LogP contribution in [0.2, 0.25) is 0 Å². The number of hydrogen-bond donors (Lipinski definition) is 2. The number of aromatic nitrogens is 1. The number of nitrogens with zero attached hydrogens (tertiary/aromatic N) is 2. The Kier molecular flexibility index (Phi) is 6.18. The predicted octanol–water partition coefficient (Wildman–Crippen LogP) is 3.27. The molecule has 7 heteroatoms. The second-order valence-corrected chi connectivity index (χ2v) is 6.04. The van der Waals surface area contributed by atoms with Crippen molar-refractivity contribution in [2.45, 2.75) is 6.92 Å². The molecule has 2 aromatic carbocycles. The predicted molar refractivity (Wildman–Crippen MR) is 110 cm³/mol. The van der Waals surface area contributed by atoms with E-state index in [4.69, 9.17) is 15.7 Å². The van der Waals surface area contributed by atoms with Gasteiger partial charge >= 0.3 is 17.7 Å². The van der Waals surface area contributed by atoms with Gasteiger partial charge in [-0.1, -0.05) is 24.3 Å². The minimum absolute atomic E-state index is 0.154. The van der Waals surface area contributed by atoms with E-state index in [0.29, 0.717) is 29.2 Å². The number of nitrogens with one attached hydrogen (secondary N) is 2. The van der Waals surface area contributed by atoms with Crippen molar-refractivity contribution in [3.63, 3.8) is 0 Å². The number of guanidine groups is 1. The highest BCUT2D eigenvalue weighted by atomic mass is 16.5. The van der Waals surface area contributed by atoms with Crippen LogP contribution in [0.3, 0.4) is 0 Å². The van der Waals surface area contributed by atoms with Crippen molar-refractivity contribution < 1.29 is 14.5 Å². The molecular weight excluding hydrogens is 366 g/mol. The Labute approximate surface area is 168 Å². The number of carbonyl (C=O) groups is 1. The molecule has 29 heavy (non-hydrogen) atoms. The second-order valence-electron chi connectivity index (χ2n) is 6.04. The minimum Gasteiger partial charge on any atom is -0.462 e. The Hall–Kier alpha value is -4.18. The number of rotatable bonds is 5. The summed E-state index contributed by atoms with van der Waals surface area (Å²) in [6, 6.07) is 20.0. The van der Waals surface area contributed by atoms with Crippen LogP contribution in [0.5, 0.6) is 0 Å². The Morgan fingerprint density at radius 3 is 2.72 bits per heavy atom. The number of nitriles is 1. The molecule has 0 aliphatic carbocycles. The Bertz CT molecular complexity index is 1080. The Balaban J connectivity index is 1.77. The van der Waals surface area contributed by atoms with Gasteiger partial charge in [-0.15, -0.1) is 0 Å². The lowest BCUT2D eigenvalue weighted by molar-refractivity contribution is -0.361. The molecule has 7 nitrogen and oxygen atoms in total. The number of H-pyrrole nitrogens is 1. The van der Waals surface area contributed by atoms with Crippen LogP contribution in [-0.4, -0.2) is 18.5 Å². The van der Waals surface area contributed by atoms with Gasteiger partial charge in [-0.2, -0.15) is 5.26 Å². The highest BCUT2D eigenvalue weighted by Crippen LogP contribution is 2.21. The molecule has 0 atom stereocenters. The molecule has 0 radical (unpaired) electrons. The summed E-state index contributed by atoms with van der Waals surface area (Å²) in [5.74, 6) is 0.340. The van der Waals surface area contributed by atoms with E-state index in [1.165, 1.54) is 0 Å². The first-order valence-corrected chi connectivity index (χ1v) is 9.00. The van der Waals surface area contributed by atoms with E-state index in [-0.39, 0.29) is 11.9 Å². The maximum Gasteiger partial charge on any atom is 0.338 e. The molecule has 0 unspecified atom stereocenters. The summed E-state index contributed by atoms with van der Waals surface area (Å²) in [4.78, 5) is 19.3. The third kappa shape index (κ3) is 4.96. The smallest absolute Gasteiger partial charge is 0.338 e. The van der Waals surface area contributed by atoms with Crippen LogP contribution in [-0.2, 0) is 4.74 Å². The topological polar surface area (TPSA) is 115 Å². The van der Waals surface area contributed by atoms with Crippen LogP contribution >= 0.6 is 0 Å². The number of para-hydroxylation sites is 1. The van der Waals surface area contributed by atoms with Crippen LogP contribution in [0, 0.1) is 11.3 Å². The van der Waals surface area contributed by atoms with Gasteiger partial charge in [-0.25, -0.2) is 9.78 Å². The normalized spacial score (nSPS) is 10.8. The molecule has 0 saturated carbocycles. The van der Waals surface area contributed by atoms with Crippen molar-refractivity contribution in [1.82, 2.24) is 0 Å². The number of aliphatic imine (C=N–C) groups is 1. The van der Waals surface area contributed by atoms with Crippen molar-refractivity contribution >= 4 is 23.4 Å². The molecule has 144 valence electrons. The van der Waals surface area contributed by atoms with Crippen molar-refractivity contribution in [3.8, 4) is 17.2 Å². The molecule has 0 amide bonds. The van der Waals surface area contributed by atoms with Gasteiger partial charge in [0.1, 0.15) is 6.07 Å². The molecular formula is C22H20N5O2+. The van der Waals surface area contributed by atoms with Crippen LogP contribution in [0.25, 0.3) is 11.1 Å². The highest BCUT2D eigenvalue weighted by Gasteiger charge is 2.11. The molecule has 4 N–H and O–H groups in total. The van der Waals surface area contributed by atoms with Gasteiger partial charge in [0.05, 0.1) is 29.6 Å². The number of hydrogen-bond acceptors (Lipinski definition) is 4. The van der Waals surface area contributed by atoms with Gasteiger partial charge in [0.15, 0.2) is 0 Å². The summed E-state index contributed by atoms with van der Waals surface area (Å²) in [5.41, 5.74) is 9.27. The molecule has 0 fully saturated rings. The summed E-state index contributed by atoms with van der Waals surface area (Å²) in [6.45, 7) is 2.10. The van der Waals surface area contributed by atoms with E-state index < -0.39 is 0 Å². The molecule has 3 rings (SSSR count). The summed E-state index contributed by atoms with van der Waals surface area (Å²) in [6.07, 6.45) is 1.78. The zero-order chi connectivity index (χ0) is 20.6. The first kappa shape index (κ1) is 19.6. The monoisotopic (exact) mass is 386 g/mol. The van der Waals surface area contributed by atoms with E-state index in [9.17, 15) is 4.79 Å². The average Bonchev–Trinajstić information content (AvgIpc) is 2.75. The van der Waals surface area contributed by atoms with Crippen molar-refractivity contribution in [2.24, 2.45) is 10.7 Å². The third-order valence-corrected chi connectivity index (χ3v) is 4.05. The number of benzene rings is 2. The zero-order valence-corrected chi connectivity index (χ0v) is 15.8. The second kappa shape index (κ2) is 9.15. The van der Waals surface area contributed by atoms with E-state index in [2.05, 4.69) is 21.4 Å². The number of esters is 1. The van der Waals surface area contributed by atoms with Gasteiger partial charge < -0.3 is 15.8 Å². The van der Waals surface area contributed by atoms with Gasteiger partial charge in [0.2, 0.25) is 0 Å². The van der Waals surface area contributed by atoms with E-state index in [1.54, 1.807) is 49.5 Å². The zero-order valence-electron chi connectivity index (χ0n) is 15.8. The first-order valence-electron chi connectivity index (χ1n) is 9.00. The number of carbonyl (C=O) groups excluding carboxylic acids is 1. The fourth-order valence-electron chi connectivity index (χ4n) is 2.69. The highest BCUT2D eigenvalue weighted by molar-refractivity contribution is 5.94. The molecule has 0 aliphatic heterocycles. The molecule has 1 heterocycles. The molecule has 0 saturated heterocycles. The molecule has 1 aromatic heterocycles. The molecule has 0 bridgehead atoms. The van der Waals surface area contributed by atoms with Crippen molar-refractivity contribution in [1.29, 1.82) is 5.26 Å². The van der Waals surface area contributed by atoms with E-state index in [1.807, 2.05) is 24.3 Å². The SMILES string of the molecule is CCOC(=O)c1cccc(-c2ccc(N=C(N)Nc3ccccc3C#N)[nH+]c2)c1. The van der Waals surface area contributed by atoms with Crippen molar-refractivity contribution in [3.05, 3.63) is 78.0 Å². The lowest BCUT2D eigenvalue weighted by Gasteiger charge is -2.05. The third-order valence-electron chi connectivity index (χ3n) is 4.05. The van der Waals surface area contributed by atoms with E-state index >= 15 is 0 Å². The van der Waals surface area contributed by atoms with Crippen LogP contribution in [0.4, 0.5) is 11.5 Å². The van der Waals surface area contributed by atoms with Crippen molar-refractivity contribution in [2.75, 3.05) is 11.9 Å². The number of pyridine rings is 1. The fourth-order valence-corrected chi connectivity index (χ4v) is 2.69. The molecule has 0 spiro atoms. The maximum absolute atomic E-state index is 11.9. The van der Waals surface area contributed by atoms with Gasteiger partial charge in [-0.05, 0) is 47.8 Å². The minimum atomic E-state index is -0.351. The van der Waals surface area contributed by atoms with E-state index in [0.717, 1.165) is 11.1 Å². The van der Waals surface area contributed by atoms with Crippen LogP contribution < -0.4 is 16.0 Å². The van der Waals surface area contributed by atoms with Gasteiger partial charge in [-0.3, -0.25) is 0 Å². The lowest BCUT2D eigenvalue weighted by atomic mass is 10.0. The molecule has 0 aliphatic rings. The van der Waals surface area contributed by atoms with Crippen LogP contribution in [0.15, 0.2) is 71.9 Å². The number of anilines is 1. The summed E-state index contributed by atoms with van der Waals surface area (Å²) in [5, 5.41) is 12.1. The Morgan fingerprint density at radius 2 is 2.00 bits per heavy atom. The number of ether oxygens (including phenoxy) is 1. The summed E-state index contributed by atoms with van der Waals surface area (Å²) in [7, 11) is 0. The average molecular weight is 386 g/mol.